The molecule has 0 aliphatic carbocycles. The van der Waals surface area contributed by atoms with E-state index in [1.165, 1.54) is 31.2 Å². The van der Waals surface area contributed by atoms with Gasteiger partial charge in [-0.25, -0.2) is 0 Å². The molecular formula is C52H42CaCl2N6O12S2. The summed E-state index contributed by atoms with van der Waals surface area (Å²) in [5, 5.41) is 58.7. The number of benzene rings is 8. The largest absolute Gasteiger partial charge is 2.00 e. The predicted octanol–water partition coefficient (Wildman–Crippen LogP) is 11.8. The van der Waals surface area contributed by atoms with Gasteiger partial charge < -0.3 is 30.1 Å². The van der Waals surface area contributed by atoms with E-state index in [-0.39, 0.29) is 81.7 Å². The van der Waals surface area contributed by atoms with Crippen LogP contribution in [0.1, 0.15) is 40.9 Å². The molecule has 0 unspecified atom stereocenters. The summed E-state index contributed by atoms with van der Waals surface area (Å²) in [7, 11) is -9.05. The molecule has 0 bridgehead atoms. The number of azo groups is 2. The second-order valence-electron chi connectivity index (χ2n) is 15.9. The molecular weight excluding hydrogens is 1080 g/mol. The van der Waals surface area contributed by atoms with Gasteiger partial charge in [0.25, 0.3) is 26.1 Å². The molecule has 0 fully saturated rings. The first-order valence-electron chi connectivity index (χ1n) is 22.1. The number of nitrogens with one attached hydrogen (secondary N) is 1. The number of halogens is 2. The number of hydrogen-bond donors (Lipinski definition) is 4. The number of aryl methyl sites for hydroxylation is 2. The van der Waals surface area contributed by atoms with Gasteiger partial charge >= 0.3 is 37.7 Å². The third-order valence-corrected chi connectivity index (χ3v) is 13.4. The van der Waals surface area contributed by atoms with E-state index in [0.717, 1.165) is 12.1 Å². The standard InChI is InChI=1S/2C26H22ClN3O6S.Ca/c2*1-3-36-18-9-6-8-17(13-18)28-26(32)21-12-16-7-4-5-10-20(16)24(25(21)31)30-29-22-14-19(37(33,34)35)11-15(2)23(22)27;/h2*4-14,31H,3H2,1-2H3,(H,28,32)(H,33,34,35);/q;;+2/p-2. The second kappa shape index (κ2) is 24.7. The summed E-state index contributed by atoms with van der Waals surface area (Å²) in [5.41, 5.74) is 0.909. The monoisotopic (exact) mass is 1120 g/mol. The van der Waals surface area contributed by atoms with Crippen LogP contribution in [0.15, 0.2) is 169 Å². The van der Waals surface area contributed by atoms with Gasteiger partial charge in [-0.2, -0.15) is 21.9 Å². The van der Waals surface area contributed by atoms with Gasteiger partial charge in [-0.1, -0.05) is 89.6 Å². The molecule has 8 rings (SSSR count). The second-order valence-corrected chi connectivity index (χ2v) is 19.5. The molecule has 380 valence electrons. The zero-order chi connectivity index (χ0) is 53.5. The number of carbonyl (C=O) groups is 1. The Morgan fingerprint density at radius 2 is 1.11 bits per heavy atom. The Hall–Kier alpha value is -6.72. The van der Waals surface area contributed by atoms with Crippen LogP contribution in [0.3, 0.4) is 0 Å². The van der Waals surface area contributed by atoms with Gasteiger partial charge in [0.15, 0.2) is 5.75 Å². The van der Waals surface area contributed by atoms with E-state index < -0.39 is 53.3 Å². The number of ether oxygens (including phenoxy) is 2. The number of phenolic OH excluding ortho intramolecular Hbond substituents is 1. The number of rotatable bonds is 14. The smallest absolute Gasteiger partial charge is 0.871 e. The molecule has 75 heavy (non-hydrogen) atoms. The van der Waals surface area contributed by atoms with E-state index >= 15 is 0 Å². The van der Waals surface area contributed by atoms with Gasteiger partial charge in [0.1, 0.15) is 28.6 Å². The molecule has 0 aliphatic heterocycles. The molecule has 0 spiro atoms. The Morgan fingerprint density at radius 3 is 1.64 bits per heavy atom. The van der Waals surface area contributed by atoms with E-state index in [1.807, 2.05) is 13.8 Å². The van der Waals surface area contributed by atoms with Crippen LogP contribution >= 0.6 is 23.2 Å². The normalized spacial score (nSPS) is 11.9. The molecule has 0 aromatic heterocycles. The maximum Gasteiger partial charge on any atom is 2.00 e. The van der Waals surface area contributed by atoms with E-state index in [9.17, 15) is 46.1 Å². The molecule has 4 N–H and O–H groups in total. The van der Waals surface area contributed by atoms with Crippen molar-refractivity contribution in [2.24, 2.45) is 25.4 Å². The summed E-state index contributed by atoms with van der Waals surface area (Å²) in [6, 6.07) is 34.6. The first-order valence-corrected chi connectivity index (χ1v) is 25.7. The molecule has 23 heteroatoms. The Kier molecular flexibility index (Phi) is 19.0. The molecule has 0 saturated carbocycles. The summed E-state index contributed by atoms with van der Waals surface area (Å²) in [4.78, 5) is 16.4. The van der Waals surface area contributed by atoms with Crippen molar-refractivity contribution in [3.8, 4) is 23.0 Å². The van der Waals surface area contributed by atoms with Crippen LogP contribution in [0, 0.1) is 13.8 Å². The van der Waals surface area contributed by atoms with Gasteiger partial charge in [0.2, 0.25) is 0 Å². The first kappa shape index (κ1) is 57.6. The van der Waals surface area contributed by atoms with Gasteiger partial charge in [0.05, 0.1) is 50.0 Å². The fraction of sp³-hybridized carbons (Fsp3) is 0.115. The minimum Gasteiger partial charge on any atom is -0.871 e. The van der Waals surface area contributed by atoms with Gasteiger partial charge in [0, 0.05) is 28.6 Å². The quantitative estimate of drug-likeness (QED) is 0.0260. The number of aromatic hydroxyl groups is 1. The van der Waals surface area contributed by atoms with Crippen molar-refractivity contribution in [3.63, 3.8) is 0 Å². The number of fused-ring (bicyclic) bond motifs is 2. The number of phenols is 1. The molecule has 18 nitrogen and oxygen atoms in total. The molecule has 0 heterocycles. The number of hydrogen-bond acceptors (Lipinski definition) is 15. The molecule has 8 aromatic rings. The predicted molar refractivity (Wildman–Crippen MR) is 284 cm³/mol. The van der Waals surface area contributed by atoms with E-state index in [2.05, 4.69) is 30.8 Å². The zero-order valence-electron chi connectivity index (χ0n) is 40.1. The van der Waals surface area contributed by atoms with Crippen molar-refractivity contribution in [1.29, 1.82) is 0 Å². The Morgan fingerprint density at radius 1 is 0.627 bits per heavy atom. The summed E-state index contributed by atoms with van der Waals surface area (Å²) < 4.78 is 76.2. The van der Waals surface area contributed by atoms with Crippen LogP contribution in [0.4, 0.5) is 34.1 Å². The Balaban J connectivity index is 0.000000241. The van der Waals surface area contributed by atoms with Crippen molar-refractivity contribution >= 4 is 149 Å². The third kappa shape index (κ3) is 14.0. The molecule has 1 amide bonds. The SMILES string of the molecule is CCOc1cccc(N=C([O-])c2cc3ccccc3c(N=Nc3cc(S(=O)(=O)O)cc(C)c3Cl)c2[O-])c1.CCOc1cccc(NC(=O)c2cc3ccccc3c(N=Nc3cc(S(=O)(=O)O)cc(C)c3Cl)c2O)c1.[Ca+2]. The summed E-state index contributed by atoms with van der Waals surface area (Å²) in [6.45, 7) is 7.67. The van der Waals surface area contributed by atoms with E-state index in [0.29, 0.717) is 68.8 Å². The molecule has 0 atom stereocenters. The molecule has 0 saturated heterocycles. The average molecular weight is 1120 g/mol. The summed E-state index contributed by atoms with van der Waals surface area (Å²) >= 11 is 12.5. The number of carbonyl (C=O) groups excluding carboxylic acids is 1. The van der Waals surface area contributed by atoms with Gasteiger partial charge in [-0.05, 0) is 122 Å². The van der Waals surface area contributed by atoms with Crippen LogP contribution < -0.4 is 25.0 Å². The Labute approximate surface area is 470 Å². The molecule has 0 aliphatic rings. The fourth-order valence-corrected chi connectivity index (χ4v) is 8.73. The summed E-state index contributed by atoms with van der Waals surface area (Å²) in [6.07, 6.45) is 0. The van der Waals surface area contributed by atoms with Crippen molar-refractivity contribution in [1.82, 2.24) is 0 Å². The van der Waals surface area contributed by atoms with Crippen LogP contribution in [0.25, 0.3) is 21.5 Å². The molecule has 8 aromatic carbocycles. The number of nitrogens with zero attached hydrogens (tertiary/aromatic N) is 5. The average Bonchev–Trinajstić information content (AvgIpc) is 3.35. The number of anilines is 1. The van der Waals surface area contributed by atoms with Gasteiger partial charge in [-0.15, -0.1) is 15.3 Å². The van der Waals surface area contributed by atoms with E-state index in [4.69, 9.17) is 32.7 Å². The van der Waals surface area contributed by atoms with Crippen LogP contribution in [0.5, 0.6) is 23.0 Å². The summed E-state index contributed by atoms with van der Waals surface area (Å²) in [5.74, 6) is -1.39. The fourth-order valence-electron chi connectivity index (χ4n) is 7.26. The van der Waals surface area contributed by atoms with Crippen LogP contribution in [-0.2, 0) is 20.2 Å². The maximum absolute atomic E-state index is 13.4. The number of amides is 1. The first-order chi connectivity index (χ1) is 35.2. The molecule has 0 radical (unpaired) electrons. The topological polar surface area (TPSA) is 284 Å². The van der Waals surface area contributed by atoms with Crippen molar-refractivity contribution in [3.05, 3.63) is 166 Å². The van der Waals surface area contributed by atoms with Crippen LogP contribution in [0.2, 0.25) is 10.0 Å². The zero-order valence-corrected chi connectivity index (χ0v) is 45.5. The maximum atomic E-state index is 13.4. The number of aliphatic imine (C=N–C) groups is 1. The van der Waals surface area contributed by atoms with E-state index in [1.54, 1.807) is 104 Å². The van der Waals surface area contributed by atoms with Gasteiger partial charge in [-0.3, -0.25) is 18.9 Å². The Bertz CT molecular complexity index is 3830. The third-order valence-electron chi connectivity index (χ3n) is 10.7. The van der Waals surface area contributed by atoms with Crippen molar-refractivity contribution in [2.75, 3.05) is 18.5 Å². The van der Waals surface area contributed by atoms with Crippen molar-refractivity contribution < 1.29 is 55.5 Å². The minimum absolute atomic E-state index is 0. The van der Waals surface area contributed by atoms with Crippen LogP contribution in [-0.4, -0.2) is 93.8 Å². The minimum atomic E-state index is -4.53. The van der Waals surface area contributed by atoms with Crippen molar-refractivity contribution in [2.45, 2.75) is 37.5 Å².